The minimum absolute atomic E-state index is 0.0417. The van der Waals surface area contributed by atoms with Crippen LogP contribution in [0, 0.1) is 29.1 Å². The van der Waals surface area contributed by atoms with Gasteiger partial charge in [-0.3, -0.25) is 9.59 Å². The summed E-state index contributed by atoms with van der Waals surface area (Å²) in [5, 5.41) is 3.05. The number of ether oxygens (including phenoxy) is 1. The van der Waals surface area contributed by atoms with Gasteiger partial charge in [0, 0.05) is 18.3 Å². The number of methoxy groups -OCH3 is 1. The molecule has 5 nitrogen and oxygen atoms in total. The lowest BCUT2D eigenvalue weighted by atomic mass is 9.49. The maximum Gasteiger partial charge on any atom is 0.328 e. The van der Waals surface area contributed by atoms with Gasteiger partial charge in [0.25, 0.3) is 0 Å². The highest BCUT2D eigenvalue weighted by Crippen LogP contribution is 2.60. The minimum atomic E-state index is -0.672. The molecule has 5 saturated carbocycles. The van der Waals surface area contributed by atoms with Gasteiger partial charge in [0.2, 0.25) is 5.91 Å². The van der Waals surface area contributed by atoms with Gasteiger partial charge >= 0.3 is 5.97 Å². The molecule has 0 heterocycles. The van der Waals surface area contributed by atoms with E-state index in [2.05, 4.69) is 5.32 Å². The van der Waals surface area contributed by atoms with Crippen LogP contribution in [-0.4, -0.2) is 30.8 Å². The molecule has 138 valence electrons. The van der Waals surface area contributed by atoms with Crippen LogP contribution < -0.4 is 5.32 Å². The third-order valence-corrected chi connectivity index (χ3v) is 7.25. The zero-order chi connectivity index (χ0) is 17.6. The van der Waals surface area contributed by atoms with Crippen LogP contribution in [0.1, 0.15) is 64.2 Å². The number of carbonyl (C=O) groups excluding carboxylic acids is 3. The van der Waals surface area contributed by atoms with Gasteiger partial charge in [-0.25, -0.2) is 4.79 Å². The van der Waals surface area contributed by atoms with Crippen molar-refractivity contribution in [2.75, 3.05) is 7.11 Å². The van der Waals surface area contributed by atoms with Gasteiger partial charge in [0.15, 0.2) is 0 Å². The number of nitrogens with one attached hydrogen (secondary N) is 1. The highest BCUT2D eigenvalue weighted by Gasteiger charge is 2.55. The van der Waals surface area contributed by atoms with E-state index >= 15 is 0 Å². The van der Waals surface area contributed by atoms with Crippen LogP contribution in [0.3, 0.4) is 0 Å². The summed E-state index contributed by atoms with van der Waals surface area (Å²) in [7, 11) is 1.36. The molecule has 25 heavy (non-hydrogen) atoms. The summed E-state index contributed by atoms with van der Waals surface area (Å²) < 4.78 is 4.96. The van der Waals surface area contributed by atoms with E-state index in [0.29, 0.717) is 30.6 Å². The summed E-state index contributed by atoms with van der Waals surface area (Å²) in [6.45, 7) is 0. The van der Waals surface area contributed by atoms with Crippen LogP contribution in [0.2, 0.25) is 0 Å². The fourth-order valence-corrected chi connectivity index (χ4v) is 6.52. The predicted molar refractivity (Wildman–Crippen MR) is 91.5 cm³/mol. The molecule has 5 heteroatoms. The van der Waals surface area contributed by atoms with Gasteiger partial charge in [-0.1, -0.05) is 0 Å². The van der Waals surface area contributed by atoms with Crippen LogP contribution in [-0.2, 0) is 19.1 Å². The van der Waals surface area contributed by atoms with E-state index < -0.39 is 12.0 Å². The normalized spacial score (nSPS) is 40.6. The Bertz CT molecular complexity index is 549. The van der Waals surface area contributed by atoms with Crippen LogP contribution in [0.4, 0.5) is 0 Å². The Kier molecular flexibility index (Phi) is 4.37. The van der Waals surface area contributed by atoms with Gasteiger partial charge in [-0.05, 0) is 75.0 Å². The molecule has 2 atom stereocenters. The van der Waals surface area contributed by atoms with Gasteiger partial charge < -0.3 is 10.1 Å². The first-order valence-electron chi connectivity index (χ1n) is 9.89. The second-order valence-corrected chi connectivity index (χ2v) is 9.07. The number of rotatable bonds is 4. The van der Waals surface area contributed by atoms with E-state index in [1.807, 2.05) is 0 Å². The molecule has 0 unspecified atom stereocenters. The molecule has 0 spiro atoms. The lowest BCUT2D eigenvalue weighted by Crippen LogP contribution is -2.58. The van der Waals surface area contributed by atoms with E-state index in [4.69, 9.17) is 4.74 Å². The Morgan fingerprint density at radius 1 is 1.12 bits per heavy atom. The molecule has 0 aromatic carbocycles. The SMILES string of the molecule is COC(=O)[C@H](NC(=O)C12CC3CC(CC(C3)C1)C2)[C@H]1CCCC(=O)C1. The second-order valence-electron chi connectivity index (χ2n) is 9.07. The van der Waals surface area contributed by atoms with Gasteiger partial charge in [-0.15, -0.1) is 0 Å². The van der Waals surface area contributed by atoms with E-state index in [0.717, 1.165) is 32.1 Å². The van der Waals surface area contributed by atoms with Crippen molar-refractivity contribution in [2.45, 2.75) is 70.3 Å². The minimum Gasteiger partial charge on any atom is -0.467 e. The molecule has 1 amide bonds. The van der Waals surface area contributed by atoms with Crippen molar-refractivity contribution in [3.8, 4) is 0 Å². The summed E-state index contributed by atoms with van der Waals surface area (Å²) in [5.74, 6) is 1.76. The Balaban J connectivity index is 1.50. The summed E-state index contributed by atoms with van der Waals surface area (Å²) in [6.07, 6.45) is 9.33. The first kappa shape index (κ1) is 17.0. The van der Waals surface area contributed by atoms with Crippen LogP contribution in [0.15, 0.2) is 0 Å². The van der Waals surface area contributed by atoms with Crippen LogP contribution in [0.25, 0.3) is 0 Å². The second kappa shape index (κ2) is 6.40. The molecule has 0 aliphatic heterocycles. The Morgan fingerprint density at radius 2 is 1.72 bits per heavy atom. The first-order chi connectivity index (χ1) is 12.0. The van der Waals surface area contributed by atoms with E-state index in [-0.39, 0.29) is 23.0 Å². The summed E-state index contributed by atoms with van der Waals surface area (Å²) in [4.78, 5) is 37.4. The Hall–Kier alpha value is -1.39. The Labute approximate surface area is 149 Å². The molecule has 5 aliphatic rings. The van der Waals surface area contributed by atoms with Crippen molar-refractivity contribution in [1.82, 2.24) is 5.32 Å². The van der Waals surface area contributed by atoms with Crippen molar-refractivity contribution in [3.63, 3.8) is 0 Å². The Morgan fingerprint density at radius 3 is 2.24 bits per heavy atom. The molecule has 5 aliphatic carbocycles. The molecule has 4 bridgehead atoms. The number of esters is 1. The monoisotopic (exact) mass is 347 g/mol. The lowest BCUT2D eigenvalue weighted by molar-refractivity contribution is -0.154. The van der Waals surface area contributed by atoms with Crippen molar-refractivity contribution in [1.29, 1.82) is 0 Å². The molecule has 0 radical (unpaired) electrons. The number of amides is 1. The number of Topliss-reactive ketones (excluding diaryl/α,β-unsaturated/α-hetero) is 1. The molecule has 0 aromatic rings. The first-order valence-corrected chi connectivity index (χ1v) is 9.89. The van der Waals surface area contributed by atoms with Crippen molar-refractivity contribution in [3.05, 3.63) is 0 Å². The highest BCUT2D eigenvalue weighted by molar-refractivity contribution is 5.89. The van der Waals surface area contributed by atoms with E-state index in [9.17, 15) is 14.4 Å². The summed E-state index contributed by atoms with van der Waals surface area (Å²) in [5.41, 5.74) is -0.278. The van der Waals surface area contributed by atoms with Crippen molar-refractivity contribution >= 4 is 17.7 Å². The quantitative estimate of drug-likeness (QED) is 0.794. The van der Waals surface area contributed by atoms with Crippen LogP contribution >= 0.6 is 0 Å². The molecular formula is C20H29NO4. The highest BCUT2D eigenvalue weighted by atomic mass is 16.5. The van der Waals surface area contributed by atoms with Crippen LogP contribution in [0.5, 0.6) is 0 Å². The topological polar surface area (TPSA) is 72.5 Å². The smallest absolute Gasteiger partial charge is 0.328 e. The molecule has 0 saturated heterocycles. The number of ketones is 1. The molecule has 1 N–H and O–H groups in total. The fourth-order valence-electron chi connectivity index (χ4n) is 6.52. The molecule has 5 fully saturated rings. The van der Waals surface area contributed by atoms with Gasteiger partial charge in [-0.2, -0.15) is 0 Å². The molecular weight excluding hydrogens is 318 g/mol. The number of hydrogen-bond donors (Lipinski definition) is 1. The van der Waals surface area contributed by atoms with Crippen molar-refractivity contribution < 1.29 is 19.1 Å². The molecule has 5 rings (SSSR count). The average molecular weight is 347 g/mol. The fraction of sp³-hybridized carbons (Fsp3) is 0.850. The average Bonchev–Trinajstić information content (AvgIpc) is 2.57. The lowest BCUT2D eigenvalue weighted by Gasteiger charge is -2.55. The maximum absolute atomic E-state index is 13.2. The largest absolute Gasteiger partial charge is 0.467 e. The standard InChI is InChI=1S/C20H29NO4/c1-25-18(23)17(15-3-2-4-16(22)8-15)21-19(24)20-9-12-5-13(10-20)7-14(6-12)11-20/h12-15,17H,2-11H2,1H3,(H,21,24)/t12?,13?,14?,15-,17+,20?/m0/s1. The van der Waals surface area contributed by atoms with Gasteiger partial charge in [0.1, 0.15) is 11.8 Å². The van der Waals surface area contributed by atoms with E-state index in [1.54, 1.807) is 0 Å². The maximum atomic E-state index is 13.2. The van der Waals surface area contributed by atoms with E-state index in [1.165, 1.54) is 26.4 Å². The molecule has 0 aromatic heterocycles. The zero-order valence-electron chi connectivity index (χ0n) is 15.1. The number of hydrogen-bond acceptors (Lipinski definition) is 4. The number of carbonyl (C=O) groups is 3. The third-order valence-electron chi connectivity index (χ3n) is 7.25. The van der Waals surface area contributed by atoms with Gasteiger partial charge in [0.05, 0.1) is 7.11 Å². The summed E-state index contributed by atoms with van der Waals surface area (Å²) >= 11 is 0. The zero-order valence-corrected chi connectivity index (χ0v) is 15.1. The summed E-state index contributed by atoms with van der Waals surface area (Å²) in [6, 6.07) is -0.672. The third kappa shape index (κ3) is 3.11. The predicted octanol–water partition coefficient (Wildman–Crippen LogP) is 2.62. The van der Waals surface area contributed by atoms with Crippen molar-refractivity contribution in [2.24, 2.45) is 29.1 Å².